The molecule has 1 heterocycles. The Balaban J connectivity index is 2.27. The highest BCUT2D eigenvalue weighted by atomic mass is 35.5. The summed E-state index contributed by atoms with van der Waals surface area (Å²) in [7, 11) is 0. The zero-order valence-electron chi connectivity index (χ0n) is 10.7. The molecule has 0 spiro atoms. The van der Waals surface area contributed by atoms with E-state index in [4.69, 9.17) is 27.9 Å². The largest absolute Gasteiger partial charge is 0.492 e. The van der Waals surface area contributed by atoms with E-state index in [1.54, 1.807) is 24.3 Å². The van der Waals surface area contributed by atoms with E-state index in [1.165, 1.54) is 12.4 Å². The fourth-order valence-corrected chi connectivity index (χ4v) is 1.98. The van der Waals surface area contributed by atoms with Crippen LogP contribution in [0.4, 0.5) is 5.69 Å². The fraction of sp³-hybridized carbons (Fsp3) is 0.143. The Hall–Kier alpha value is -1.78. The summed E-state index contributed by atoms with van der Waals surface area (Å²) in [6.07, 6.45) is 2.92. The van der Waals surface area contributed by atoms with Crippen LogP contribution in [0.2, 0.25) is 10.0 Å². The summed E-state index contributed by atoms with van der Waals surface area (Å²) in [4.78, 5) is 16.1. The van der Waals surface area contributed by atoms with Crippen LogP contribution in [-0.4, -0.2) is 17.5 Å². The van der Waals surface area contributed by atoms with E-state index in [-0.39, 0.29) is 11.5 Å². The van der Waals surface area contributed by atoms with Gasteiger partial charge in [0.05, 0.1) is 22.9 Å². The second-order valence-electron chi connectivity index (χ2n) is 3.88. The van der Waals surface area contributed by atoms with Crippen LogP contribution in [0.5, 0.6) is 5.75 Å². The van der Waals surface area contributed by atoms with Gasteiger partial charge in [-0.3, -0.25) is 9.78 Å². The Labute approximate surface area is 126 Å². The number of nitrogens with zero attached hydrogens (tertiary/aromatic N) is 1. The predicted molar refractivity (Wildman–Crippen MR) is 79.8 cm³/mol. The molecule has 0 radical (unpaired) electrons. The van der Waals surface area contributed by atoms with Crippen LogP contribution in [0, 0.1) is 0 Å². The molecule has 0 atom stereocenters. The first-order valence-electron chi connectivity index (χ1n) is 5.95. The highest BCUT2D eigenvalue weighted by molar-refractivity contribution is 6.34. The average molecular weight is 311 g/mol. The number of ether oxygens (including phenoxy) is 1. The van der Waals surface area contributed by atoms with E-state index in [0.29, 0.717) is 28.1 Å². The number of rotatable bonds is 4. The van der Waals surface area contributed by atoms with Gasteiger partial charge in [0.25, 0.3) is 5.91 Å². The zero-order chi connectivity index (χ0) is 14.5. The Bertz CT molecular complexity index is 632. The molecule has 0 aliphatic rings. The predicted octanol–water partition coefficient (Wildman–Crippen LogP) is 4.04. The number of amides is 1. The Morgan fingerprint density at radius 1 is 1.35 bits per heavy atom. The maximum atomic E-state index is 12.2. The first kappa shape index (κ1) is 14.6. The van der Waals surface area contributed by atoms with Gasteiger partial charge in [-0.2, -0.15) is 0 Å². The van der Waals surface area contributed by atoms with E-state index in [0.717, 1.165) is 0 Å². The molecular formula is C14H12Cl2N2O2. The SMILES string of the molecule is CCOc1ccc(Cl)cc1NC(=O)c1cnccc1Cl. The van der Waals surface area contributed by atoms with Gasteiger partial charge in [-0.1, -0.05) is 23.2 Å². The number of pyridine rings is 1. The van der Waals surface area contributed by atoms with Crippen molar-refractivity contribution in [3.8, 4) is 5.75 Å². The first-order valence-corrected chi connectivity index (χ1v) is 6.70. The number of carbonyl (C=O) groups is 1. The van der Waals surface area contributed by atoms with Gasteiger partial charge in [-0.15, -0.1) is 0 Å². The third kappa shape index (κ3) is 3.40. The number of anilines is 1. The topological polar surface area (TPSA) is 51.2 Å². The van der Waals surface area contributed by atoms with E-state index in [2.05, 4.69) is 10.3 Å². The van der Waals surface area contributed by atoms with Gasteiger partial charge >= 0.3 is 0 Å². The van der Waals surface area contributed by atoms with Gasteiger partial charge in [0, 0.05) is 17.4 Å². The normalized spacial score (nSPS) is 10.2. The highest BCUT2D eigenvalue weighted by Gasteiger charge is 2.13. The van der Waals surface area contributed by atoms with Crippen molar-refractivity contribution in [1.82, 2.24) is 4.98 Å². The standard InChI is InChI=1S/C14H12Cl2N2O2/c1-2-20-13-4-3-9(15)7-12(13)18-14(19)10-8-17-6-5-11(10)16/h3-8H,2H2,1H3,(H,18,19). The van der Waals surface area contributed by atoms with Crippen LogP contribution in [0.3, 0.4) is 0 Å². The van der Waals surface area contributed by atoms with Gasteiger partial charge in [0.1, 0.15) is 5.75 Å². The number of hydrogen-bond acceptors (Lipinski definition) is 3. The Morgan fingerprint density at radius 3 is 2.85 bits per heavy atom. The molecule has 0 fully saturated rings. The molecule has 1 amide bonds. The van der Waals surface area contributed by atoms with E-state index in [9.17, 15) is 4.79 Å². The molecule has 104 valence electrons. The van der Waals surface area contributed by atoms with Crippen LogP contribution in [0.25, 0.3) is 0 Å². The Kier molecular flexibility index (Phi) is 4.82. The van der Waals surface area contributed by atoms with Crippen LogP contribution in [0.15, 0.2) is 36.7 Å². The van der Waals surface area contributed by atoms with E-state index < -0.39 is 0 Å². The lowest BCUT2D eigenvalue weighted by atomic mass is 10.2. The maximum absolute atomic E-state index is 12.2. The quantitative estimate of drug-likeness (QED) is 0.927. The van der Waals surface area contributed by atoms with Crippen molar-refractivity contribution in [3.63, 3.8) is 0 Å². The van der Waals surface area contributed by atoms with Crippen molar-refractivity contribution < 1.29 is 9.53 Å². The maximum Gasteiger partial charge on any atom is 0.258 e. The molecule has 1 aromatic heterocycles. The molecule has 4 nitrogen and oxygen atoms in total. The molecule has 0 unspecified atom stereocenters. The van der Waals surface area contributed by atoms with Crippen LogP contribution >= 0.6 is 23.2 Å². The van der Waals surface area contributed by atoms with Crippen LogP contribution in [0.1, 0.15) is 17.3 Å². The molecule has 0 bridgehead atoms. The summed E-state index contributed by atoms with van der Waals surface area (Å²) in [5, 5.41) is 3.55. The van der Waals surface area contributed by atoms with Crippen LogP contribution in [-0.2, 0) is 0 Å². The summed E-state index contributed by atoms with van der Waals surface area (Å²) >= 11 is 11.9. The van der Waals surface area contributed by atoms with Crippen molar-refractivity contribution in [2.75, 3.05) is 11.9 Å². The molecule has 2 aromatic rings. The summed E-state index contributed by atoms with van der Waals surface area (Å²) in [6.45, 7) is 2.34. The number of hydrogen-bond donors (Lipinski definition) is 1. The number of halogens is 2. The van der Waals surface area contributed by atoms with Gasteiger partial charge in [0.2, 0.25) is 0 Å². The minimum atomic E-state index is -0.369. The monoisotopic (exact) mass is 310 g/mol. The number of carbonyl (C=O) groups excluding carboxylic acids is 1. The molecule has 0 saturated carbocycles. The second kappa shape index (κ2) is 6.59. The molecular weight excluding hydrogens is 299 g/mol. The zero-order valence-corrected chi connectivity index (χ0v) is 12.2. The lowest BCUT2D eigenvalue weighted by Crippen LogP contribution is -2.13. The van der Waals surface area contributed by atoms with Gasteiger partial charge < -0.3 is 10.1 Å². The number of aromatic nitrogens is 1. The lowest BCUT2D eigenvalue weighted by molar-refractivity contribution is 0.102. The number of benzene rings is 1. The summed E-state index contributed by atoms with van der Waals surface area (Å²) < 4.78 is 5.44. The van der Waals surface area contributed by atoms with Gasteiger partial charge in [-0.05, 0) is 31.2 Å². The molecule has 1 N–H and O–H groups in total. The van der Waals surface area contributed by atoms with Crippen molar-refractivity contribution in [3.05, 3.63) is 52.3 Å². The Morgan fingerprint density at radius 2 is 2.15 bits per heavy atom. The van der Waals surface area contributed by atoms with E-state index in [1.807, 2.05) is 6.92 Å². The summed E-state index contributed by atoms with van der Waals surface area (Å²) in [6, 6.07) is 6.57. The first-order chi connectivity index (χ1) is 9.61. The van der Waals surface area contributed by atoms with Crippen molar-refractivity contribution in [2.45, 2.75) is 6.92 Å². The van der Waals surface area contributed by atoms with Gasteiger partial charge in [0.15, 0.2) is 0 Å². The van der Waals surface area contributed by atoms with Crippen LogP contribution < -0.4 is 10.1 Å². The molecule has 0 aliphatic heterocycles. The third-order valence-corrected chi connectivity index (χ3v) is 3.07. The lowest BCUT2D eigenvalue weighted by Gasteiger charge is -2.12. The molecule has 20 heavy (non-hydrogen) atoms. The van der Waals surface area contributed by atoms with Crippen molar-refractivity contribution in [2.24, 2.45) is 0 Å². The number of nitrogens with one attached hydrogen (secondary N) is 1. The van der Waals surface area contributed by atoms with Gasteiger partial charge in [-0.25, -0.2) is 0 Å². The molecule has 0 saturated heterocycles. The molecule has 6 heteroatoms. The van der Waals surface area contributed by atoms with Crippen molar-refractivity contribution in [1.29, 1.82) is 0 Å². The van der Waals surface area contributed by atoms with E-state index >= 15 is 0 Å². The molecule has 2 rings (SSSR count). The summed E-state index contributed by atoms with van der Waals surface area (Å²) in [5.41, 5.74) is 0.779. The second-order valence-corrected chi connectivity index (χ2v) is 4.73. The highest BCUT2D eigenvalue weighted by Crippen LogP contribution is 2.29. The third-order valence-electron chi connectivity index (χ3n) is 2.50. The molecule has 1 aromatic carbocycles. The van der Waals surface area contributed by atoms with Crippen molar-refractivity contribution >= 4 is 34.8 Å². The minimum absolute atomic E-state index is 0.289. The molecule has 0 aliphatic carbocycles. The minimum Gasteiger partial charge on any atom is -0.492 e. The fourth-order valence-electron chi connectivity index (χ4n) is 1.62. The summed E-state index contributed by atoms with van der Waals surface area (Å²) in [5.74, 6) is 0.177. The smallest absolute Gasteiger partial charge is 0.258 e. The average Bonchev–Trinajstić information content (AvgIpc) is 2.42.